The molecule has 0 aliphatic rings. The minimum atomic E-state index is 0.0939. The molecule has 0 aliphatic heterocycles. The summed E-state index contributed by atoms with van der Waals surface area (Å²) in [4.78, 5) is 11.8. The summed E-state index contributed by atoms with van der Waals surface area (Å²) in [6, 6.07) is 7.70. The molecule has 0 aliphatic carbocycles. The monoisotopic (exact) mass is 262 g/mol. The number of nitrogens with one attached hydrogen (secondary N) is 1. The Morgan fingerprint density at radius 3 is 2.53 bits per heavy atom. The Morgan fingerprint density at radius 1 is 1.11 bits per heavy atom. The van der Waals surface area contributed by atoms with Gasteiger partial charge in [0.2, 0.25) is 5.91 Å². The molecule has 0 heterocycles. The molecule has 0 saturated heterocycles. The van der Waals surface area contributed by atoms with Crippen LogP contribution in [0.25, 0.3) is 0 Å². The van der Waals surface area contributed by atoms with Crippen molar-refractivity contribution in [2.75, 3.05) is 5.32 Å². The van der Waals surface area contributed by atoms with Crippen molar-refractivity contribution < 1.29 is 4.79 Å². The summed E-state index contributed by atoms with van der Waals surface area (Å²) in [5.74, 6) is 0.0939. The lowest BCUT2D eigenvalue weighted by Crippen LogP contribution is -2.13. The third-order valence-electron chi connectivity index (χ3n) is 3.27. The van der Waals surface area contributed by atoms with Gasteiger partial charge in [0.1, 0.15) is 0 Å². The molecule has 0 aromatic heterocycles. The van der Waals surface area contributed by atoms with Gasteiger partial charge in [0, 0.05) is 18.7 Å². The number of carbonyl (C=O) groups is 1. The Kier molecular flexibility index (Phi) is 7.91. The van der Waals surface area contributed by atoms with Crippen molar-refractivity contribution in [1.82, 2.24) is 0 Å². The number of hydrogen-bond donors (Lipinski definition) is 2. The topological polar surface area (TPSA) is 55.1 Å². The van der Waals surface area contributed by atoms with Gasteiger partial charge in [-0.3, -0.25) is 4.79 Å². The highest BCUT2D eigenvalue weighted by molar-refractivity contribution is 5.91. The fraction of sp³-hybridized carbons (Fsp3) is 0.562. The van der Waals surface area contributed by atoms with Crippen molar-refractivity contribution in [2.24, 2.45) is 5.73 Å². The van der Waals surface area contributed by atoms with Crippen LogP contribution < -0.4 is 11.1 Å². The third-order valence-corrected chi connectivity index (χ3v) is 3.27. The van der Waals surface area contributed by atoms with Gasteiger partial charge in [-0.15, -0.1) is 0 Å². The van der Waals surface area contributed by atoms with Gasteiger partial charge in [-0.2, -0.15) is 0 Å². The van der Waals surface area contributed by atoms with Gasteiger partial charge in [-0.05, 0) is 18.1 Å². The Hall–Kier alpha value is -1.35. The summed E-state index contributed by atoms with van der Waals surface area (Å²) in [6.45, 7) is 2.66. The normalized spacial score (nSPS) is 10.4. The molecular weight excluding hydrogens is 236 g/mol. The van der Waals surface area contributed by atoms with Crippen LogP contribution in [0.3, 0.4) is 0 Å². The summed E-state index contributed by atoms with van der Waals surface area (Å²) in [7, 11) is 0. The summed E-state index contributed by atoms with van der Waals surface area (Å²) >= 11 is 0. The van der Waals surface area contributed by atoms with Crippen LogP contribution in [-0.4, -0.2) is 5.91 Å². The highest BCUT2D eigenvalue weighted by atomic mass is 16.1. The highest BCUT2D eigenvalue weighted by Crippen LogP contribution is 2.15. The summed E-state index contributed by atoms with van der Waals surface area (Å²) < 4.78 is 0. The lowest BCUT2D eigenvalue weighted by atomic mass is 10.1. The molecule has 3 N–H and O–H groups in total. The first-order chi connectivity index (χ1) is 9.27. The Balaban J connectivity index is 2.23. The van der Waals surface area contributed by atoms with Crippen LogP contribution in [0.1, 0.15) is 57.4 Å². The van der Waals surface area contributed by atoms with E-state index in [1.54, 1.807) is 0 Å². The fourth-order valence-electron chi connectivity index (χ4n) is 2.10. The molecule has 0 unspecified atom stereocenters. The maximum absolute atomic E-state index is 11.8. The number of anilines is 1. The molecule has 0 atom stereocenters. The minimum absolute atomic E-state index is 0.0939. The second-order valence-electron chi connectivity index (χ2n) is 4.93. The van der Waals surface area contributed by atoms with E-state index in [4.69, 9.17) is 5.73 Å². The van der Waals surface area contributed by atoms with E-state index < -0.39 is 0 Å². The van der Waals surface area contributed by atoms with E-state index in [2.05, 4.69) is 12.2 Å². The number of nitrogens with two attached hydrogens (primary N) is 1. The largest absolute Gasteiger partial charge is 0.326 e. The fourth-order valence-corrected chi connectivity index (χ4v) is 2.10. The summed E-state index contributed by atoms with van der Waals surface area (Å²) in [6.07, 6.45) is 7.80. The van der Waals surface area contributed by atoms with Crippen LogP contribution in [-0.2, 0) is 11.3 Å². The molecule has 0 spiro atoms. The second kappa shape index (κ2) is 9.56. The molecule has 1 aromatic carbocycles. The zero-order valence-electron chi connectivity index (χ0n) is 12.0. The predicted molar refractivity (Wildman–Crippen MR) is 81.0 cm³/mol. The molecule has 0 radical (unpaired) electrons. The lowest BCUT2D eigenvalue weighted by Gasteiger charge is -2.09. The molecule has 0 saturated carbocycles. The summed E-state index contributed by atoms with van der Waals surface area (Å²) in [5.41, 5.74) is 7.48. The zero-order valence-corrected chi connectivity index (χ0v) is 12.0. The number of amides is 1. The van der Waals surface area contributed by atoms with Gasteiger partial charge in [0.25, 0.3) is 0 Å². The van der Waals surface area contributed by atoms with Crippen molar-refractivity contribution >= 4 is 11.6 Å². The van der Waals surface area contributed by atoms with Crippen LogP contribution in [0, 0.1) is 0 Å². The molecule has 0 fully saturated rings. The molecule has 3 heteroatoms. The SMILES string of the molecule is CCCCCCCCC(=O)Nc1ccccc1CN. The van der Waals surface area contributed by atoms with E-state index in [0.29, 0.717) is 13.0 Å². The standard InChI is InChI=1S/C16H26N2O/c1-2-3-4-5-6-7-12-16(19)18-15-11-9-8-10-14(15)13-17/h8-11H,2-7,12-13,17H2,1H3,(H,18,19). The van der Waals surface area contributed by atoms with Gasteiger partial charge in [0.05, 0.1) is 0 Å². The predicted octanol–water partition coefficient (Wildman–Crippen LogP) is 3.83. The van der Waals surface area contributed by atoms with E-state index in [-0.39, 0.29) is 5.91 Å². The van der Waals surface area contributed by atoms with E-state index in [1.165, 1.54) is 25.7 Å². The molecule has 3 nitrogen and oxygen atoms in total. The number of benzene rings is 1. The molecular formula is C16H26N2O. The van der Waals surface area contributed by atoms with E-state index in [1.807, 2.05) is 24.3 Å². The van der Waals surface area contributed by atoms with E-state index >= 15 is 0 Å². The molecule has 106 valence electrons. The number of unbranched alkanes of at least 4 members (excludes halogenated alkanes) is 5. The Labute approximate surface area is 116 Å². The smallest absolute Gasteiger partial charge is 0.224 e. The molecule has 1 amide bonds. The average Bonchev–Trinajstić information content (AvgIpc) is 2.43. The third kappa shape index (κ3) is 6.39. The van der Waals surface area contributed by atoms with Crippen LogP contribution in [0.4, 0.5) is 5.69 Å². The molecule has 0 bridgehead atoms. The van der Waals surface area contributed by atoms with Gasteiger partial charge in [0.15, 0.2) is 0 Å². The van der Waals surface area contributed by atoms with Crippen LogP contribution in [0.2, 0.25) is 0 Å². The van der Waals surface area contributed by atoms with Gasteiger partial charge in [-0.25, -0.2) is 0 Å². The first-order valence-electron chi connectivity index (χ1n) is 7.35. The van der Waals surface area contributed by atoms with E-state index in [0.717, 1.165) is 24.1 Å². The van der Waals surface area contributed by atoms with Gasteiger partial charge < -0.3 is 11.1 Å². The number of rotatable bonds is 9. The lowest BCUT2D eigenvalue weighted by molar-refractivity contribution is -0.116. The highest BCUT2D eigenvalue weighted by Gasteiger charge is 2.05. The van der Waals surface area contributed by atoms with Crippen molar-refractivity contribution in [1.29, 1.82) is 0 Å². The van der Waals surface area contributed by atoms with Crippen LogP contribution in [0.15, 0.2) is 24.3 Å². The maximum atomic E-state index is 11.8. The molecule has 1 aromatic rings. The van der Waals surface area contributed by atoms with Crippen molar-refractivity contribution in [3.05, 3.63) is 29.8 Å². The molecule has 19 heavy (non-hydrogen) atoms. The van der Waals surface area contributed by atoms with Gasteiger partial charge in [-0.1, -0.05) is 57.2 Å². The number of para-hydroxylation sites is 1. The first kappa shape index (κ1) is 15.7. The van der Waals surface area contributed by atoms with Gasteiger partial charge >= 0.3 is 0 Å². The first-order valence-corrected chi connectivity index (χ1v) is 7.35. The summed E-state index contributed by atoms with van der Waals surface area (Å²) in [5, 5.41) is 2.94. The second-order valence-corrected chi connectivity index (χ2v) is 4.93. The number of carbonyl (C=O) groups excluding carboxylic acids is 1. The molecule has 1 rings (SSSR count). The number of hydrogen-bond acceptors (Lipinski definition) is 2. The van der Waals surface area contributed by atoms with Crippen molar-refractivity contribution in [3.63, 3.8) is 0 Å². The van der Waals surface area contributed by atoms with Crippen molar-refractivity contribution in [2.45, 2.75) is 58.4 Å². The Morgan fingerprint density at radius 2 is 1.79 bits per heavy atom. The van der Waals surface area contributed by atoms with Crippen LogP contribution in [0.5, 0.6) is 0 Å². The average molecular weight is 262 g/mol. The Bertz CT molecular complexity index is 377. The quantitative estimate of drug-likeness (QED) is 0.664. The minimum Gasteiger partial charge on any atom is -0.326 e. The van der Waals surface area contributed by atoms with Crippen molar-refractivity contribution in [3.8, 4) is 0 Å². The van der Waals surface area contributed by atoms with E-state index in [9.17, 15) is 4.79 Å². The zero-order chi connectivity index (χ0) is 13.9. The maximum Gasteiger partial charge on any atom is 0.224 e. The van der Waals surface area contributed by atoms with Crippen LogP contribution >= 0.6 is 0 Å².